The fourth-order valence-corrected chi connectivity index (χ4v) is 2.42. The van der Waals surface area contributed by atoms with Gasteiger partial charge in [-0.15, -0.1) is 11.3 Å². The molecule has 0 fully saturated rings. The first-order valence-corrected chi connectivity index (χ1v) is 6.54. The van der Waals surface area contributed by atoms with Crippen LogP contribution in [-0.2, 0) is 4.74 Å². The molecule has 1 aliphatic rings. The summed E-state index contributed by atoms with van der Waals surface area (Å²) < 4.78 is 5.34. The Balaban J connectivity index is 1.95. The lowest BCUT2D eigenvalue weighted by Gasteiger charge is -2.24. The van der Waals surface area contributed by atoms with Crippen molar-refractivity contribution in [3.8, 4) is 0 Å². The molecule has 92 valence electrons. The number of ether oxygens (including phenoxy) is 1. The topological polar surface area (TPSA) is 29.5 Å². The van der Waals surface area contributed by atoms with E-state index in [1.807, 2.05) is 32.2 Å². The molecule has 0 unspecified atom stereocenters. The van der Waals surface area contributed by atoms with Crippen LogP contribution in [0.25, 0.3) is 5.57 Å². The summed E-state index contributed by atoms with van der Waals surface area (Å²) in [7, 11) is 0. The Morgan fingerprint density at radius 1 is 1.47 bits per heavy atom. The van der Waals surface area contributed by atoms with Gasteiger partial charge in [0.05, 0.1) is 6.54 Å². The SMILES string of the molecule is CC(C)(C)OC(=O)N1CC=C(c2cccs2)C1. The van der Waals surface area contributed by atoms with Crippen LogP contribution in [0, 0.1) is 0 Å². The molecule has 4 heteroatoms. The zero-order valence-electron chi connectivity index (χ0n) is 10.4. The molecule has 0 saturated carbocycles. The van der Waals surface area contributed by atoms with Crippen molar-refractivity contribution in [3.05, 3.63) is 28.5 Å². The van der Waals surface area contributed by atoms with Gasteiger partial charge in [0.25, 0.3) is 0 Å². The van der Waals surface area contributed by atoms with Gasteiger partial charge in [-0.05, 0) is 37.8 Å². The van der Waals surface area contributed by atoms with E-state index < -0.39 is 5.60 Å². The summed E-state index contributed by atoms with van der Waals surface area (Å²) in [6, 6.07) is 4.10. The van der Waals surface area contributed by atoms with Gasteiger partial charge in [0, 0.05) is 11.4 Å². The van der Waals surface area contributed by atoms with E-state index in [9.17, 15) is 4.79 Å². The zero-order chi connectivity index (χ0) is 12.5. The van der Waals surface area contributed by atoms with Crippen LogP contribution in [0.1, 0.15) is 25.6 Å². The van der Waals surface area contributed by atoms with E-state index in [1.54, 1.807) is 16.2 Å². The highest BCUT2D eigenvalue weighted by molar-refractivity contribution is 7.11. The van der Waals surface area contributed by atoms with Crippen LogP contribution >= 0.6 is 11.3 Å². The minimum absolute atomic E-state index is 0.236. The molecule has 0 N–H and O–H groups in total. The van der Waals surface area contributed by atoms with Crippen LogP contribution in [0.2, 0.25) is 0 Å². The van der Waals surface area contributed by atoms with Crippen molar-refractivity contribution in [1.82, 2.24) is 4.90 Å². The van der Waals surface area contributed by atoms with Gasteiger partial charge in [-0.1, -0.05) is 12.1 Å². The Hall–Kier alpha value is -1.29. The Bertz CT molecular complexity index is 429. The van der Waals surface area contributed by atoms with Gasteiger partial charge in [-0.2, -0.15) is 0 Å². The minimum atomic E-state index is -0.428. The van der Waals surface area contributed by atoms with E-state index in [-0.39, 0.29) is 6.09 Å². The Morgan fingerprint density at radius 2 is 2.24 bits per heavy atom. The Morgan fingerprint density at radius 3 is 2.82 bits per heavy atom. The monoisotopic (exact) mass is 251 g/mol. The molecule has 3 nitrogen and oxygen atoms in total. The molecule has 0 atom stereocenters. The molecule has 1 aromatic rings. The highest BCUT2D eigenvalue weighted by atomic mass is 32.1. The van der Waals surface area contributed by atoms with Crippen molar-refractivity contribution in [1.29, 1.82) is 0 Å². The fraction of sp³-hybridized carbons (Fsp3) is 0.462. The molecule has 0 saturated heterocycles. The van der Waals surface area contributed by atoms with E-state index in [2.05, 4.69) is 12.1 Å². The molecular weight excluding hydrogens is 234 g/mol. The summed E-state index contributed by atoms with van der Waals surface area (Å²) in [6.07, 6.45) is 1.86. The quantitative estimate of drug-likeness (QED) is 0.765. The third-order valence-electron chi connectivity index (χ3n) is 2.41. The molecule has 0 bridgehead atoms. The minimum Gasteiger partial charge on any atom is -0.444 e. The summed E-state index contributed by atoms with van der Waals surface area (Å²) in [5.41, 5.74) is 0.786. The standard InChI is InChI=1S/C13H17NO2S/c1-13(2,3)16-12(15)14-7-6-10(9-14)11-5-4-8-17-11/h4-6,8H,7,9H2,1-3H3. The van der Waals surface area contributed by atoms with Gasteiger partial charge in [0.15, 0.2) is 0 Å². The van der Waals surface area contributed by atoms with Gasteiger partial charge >= 0.3 is 6.09 Å². The van der Waals surface area contributed by atoms with E-state index in [1.165, 1.54) is 10.5 Å². The fourth-order valence-electron chi connectivity index (χ4n) is 1.66. The maximum Gasteiger partial charge on any atom is 0.410 e. The van der Waals surface area contributed by atoms with Crippen LogP contribution in [-0.4, -0.2) is 29.7 Å². The summed E-state index contributed by atoms with van der Waals surface area (Å²) in [5, 5.41) is 2.05. The summed E-state index contributed by atoms with van der Waals surface area (Å²) in [4.78, 5) is 14.8. The summed E-state index contributed by atoms with van der Waals surface area (Å²) in [5.74, 6) is 0. The number of hydrogen-bond donors (Lipinski definition) is 0. The molecule has 2 rings (SSSR count). The third-order valence-corrected chi connectivity index (χ3v) is 3.35. The summed E-state index contributed by atoms with van der Waals surface area (Å²) in [6.45, 7) is 6.94. The molecule has 0 aliphatic carbocycles. The van der Waals surface area contributed by atoms with E-state index in [0.29, 0.717) is 13.1 Å². The first-order valence-electron chi connectivity index (χ1n) is 5.66. The normalized spacial score (nSPS) is 15.9. The van der Waals surface area contributed by atoms with Crippen molar-refractivity contribution < 1.29 is 9.53 Å². The number of amides is 1. The first kappa shape index (κ1) is 12.2. The van der Waals surface area contributed by atoms with Crippen molar-refractivity contribution >= 4 is 23.0 Å². The maximum atomic E-state index is 11.8. The largest absolute Gasteiger partial charge is 0.444 e. The molecule has 1 aliphatic heterocycles. The van der Waals surface area contributed by atoms with Gasteiger partial charge in [0.1, 0.15) is 5.60 Å². The van der Waals surface area contributed by atoms with Crippen LogP contribution in [0.15, 0.2) is 23.6 Å². The number of hydrogen-bond acceptors (Lipinski definition) is 3. The maximum absolute atomic E-state index is 11.8. The average Bonchev–Trinajstić information content (AvgIpc) is 2.86. The first-order chi connectivity index (χ1) is 7.96. The second kappa shape index (κ2) is 4.53. The smallest absolute Gasteiger partial charge is 0.410 e. The predicted octanol–water partition coefficient (Wildman–Crippen LogP) is 3.38. The lowest BCUT2D eigenvalue weighted by atomic mass is 10.2. The van der Waals surface area contributed by atoms with Crippen molar-refractivity contribution in [2.24, 2.45) is 0 Å². The van der Waals surface area contributed by atoms with Crippen LogP contribution < -0.4 is 0 Å². The van der Waals surface area contributed by atoms with E-state index in [4.69, 9.17) is 4.74 Å². The van der Waals surface area contributed by atoms with Gasteiger partial charge < -0.3 is 9.64 Å². The number of rotatable bonds is 1. The van der Waals surface area contributed by atoms with Crippen LogP contribution in [0.4, 0.5) is 4.79 Å². The van der Waals surface area contributed by atoms with Gasteiger partial charge in [-0.25, -0.2) is 4.79 Å². The zero-order valence-corrected chi connectivity index (χ0v) is 11.2. The Labute approximate surface area is 106 Å². The van der Waals surface area contributed by atoms with Gasteiger partial charge in [0.2, 0.25) is 0 Å². The predicted molar refractivity (Wildman–Crippen MR) is 70.1 cm³/mol. The third kappa shape index (κ3) is 3.09. The van der Waals surface area contributed by atoms with Crippen molar-refractivity contribution in [2.75, 3.05) is 13.1 Å². The number of carbonyl (C=O) groups excluding carboxylic acids is 1. The van der Waals surface area contributed by atoms with E-state index >= 15 is 0 Å². The molecule has 17 heavy (non-hydrogen) atoms. The number of thiophene rings is 1. The van der Waals surface area contributed by atoms with Crippen molar-refractivity contribution in [3.63, 3.8) is 0 Å². The molecule has 0 aromatic carbocycles. The number of nitrogens with zero attached hydrogens (tertiary/aromatic N) is 1. The van der Waals surface area contributed by atoms with Gasteiger partial charge in [-0.3, -0.25) is 0 Å². The Kier molecular flexibility index (Phi) is 3.24. The molecule has 1 amide bonds. The molecule has 0 spiro atoms. The van der Waals surface area contributed by atoms with Crippen LogP contribution in [0.3, 0.4) is 0 Å². The lowest BCUT2D eigenvalue weighted by Crippen LogP contribution is -2.35. The molecule has 1 aromatic heterocycles. The van der Waals surface area contributed by atoms with Crippen LogP contribution in [0.5, 0.6) is 0 Å². The highest BCUT2D eigenvalue weighted by Gasteiger charge is 2.25. The summed E-state index contributed by atoms with van der Waals surface area (Å²) >= 11 is 1.70. The second-order valence-corrected chi connectivity index (χ2v) is 6.02. The second-order valence-electron chi connectivity index (χ2n) is 5.07. The highest BCUT2D eigenvalue weighted by Crippen LogP contribution is 2.25. The average molecular weight is 251 g/mol. The molecular formula is C13H17NO2S. The lowest BCUT2D eigenvalue weighted by molar-refractivity contribution is 0.0306. The van der Waals surface area contributed by atoms with E-state index in [0.717, 1.165) is 0 Å². The number of carbonyl (C=O) groups is 1. The van der Waals surface area contributed by atoms with Crippen molar-refractivity contribution in [2.45, 2.75) is 26.4 Å². The molecule has 2 heterocycles. The molecule has 0 radical (unpaired) electrons.